The van der Waals surface area contributed by atoms with Crippen LogP contribution in [0.3, 0.4) is 0 Å². The van der Waals surface area contributed by atoms with Gasteiger partial charge in [0.15, 0.2) is 0 Å². The first-order valence-corrected chi connectivity index (χ1v) is 11.4. The second kappa shape index (κ2) is 7.88. The Kier molecular flexibility index (Phi) is 4.71. The standard InChI is InChI=1S/C32H24O/c33-32(28-20-10-7-17-25(28)26-18-8-11-21-29(26)32)30-22-12-9-19-27(30)31(23-13-3-1-4-14-23)24-15-5-2-6-16-24/h1-22,31,33H. The highest BCUT2D eigenvalue weighted by Gasteiger charge is 2.44. The van der Waals surface area contributed by atoms with E-state index >= 15 is 0 Å². The number of aliphatic hydroxyl groups is 1. The molecule has 0 saturated carbocycles. The van der Waals surface area contributed by atoms with E-state index < -0.39 is 5.60 Å². The third kappa shape index (κ3) is 3.05. The minimum Gasteiger partial charge on any atom is -0.376 e. The van der Waals surface area contributed by atoms with Gasteiger partial charge in [-0.2, -0.15) is 0 Å². The zero-order chi connectivity index (χ0) is 22.3. The molecule has 1 heteroatoms. The van der Waals surface area contributed by atoms with Gasteiger partial charge in [0.05, 0.1) is 0 Å². The van der Waals surface area contributed by atoms with Gasteiger partial charge in [0.2, 0.25) is 0 Å². The first-order chi connectivity index (χ1) is 16.3. The van der Waals surface area contributed by atoms with E-state index in [9.17, 15) is 5.11 Å². The molecule has 0 aromatic heterocycles. The Morgan fingerprint density at radius 3 is 1.33 bits per heavy atom. The molecule has 0 spiro atoms. The van der Waals surface area contributed by atoms with E-state index in [-0.39, 0.29) is 5.92 Å². The predicted octanol–water partition coefficient (Wildman–Crippen LogP) is 7.13. The van der Waals surface area contributed by atoms with Crippen molar-refractivity contribution in [3.05, 3.63) is 167 Å². The molecule has 1 aliphatic carbocycles. The van der Waals surface area contributed by atoms with Crippen LogP contribution in [0.1, 0.15) is 39.3 Å². The average molecular weight is 425 g/mol. The lowest BCUT2D eigenvalue weighted by molar-refractivity contribution is 0.129. The summed E-state index contributed by atoms with van der Waals surface area (Å²) in [5.41, 5.74) is 7.33. The van der Waals surface area contributed by atoms with Crippen molar-refractivity contribution in [1.82, 2.24) is 0 Å². The van der Waals surface area contributed by atoms with E-state index in [0.717, 1.165) is 33.4 Å². The molecule has 158 valence electrons. The molecule has 33 heavy (non-hydrogen) atoms. The van der Waals surface area contributed by atoms with E-state index in [0.29, 0.717) is 0 Å². The molecule has 0 radical (unpaired) electrons. The van der Waals surface area contributed by atoms with E-state index in [2.05, 4.69) is 103 Å². The third-order valence-corrected chi connectivity index (χ3v) is 6.85. The van der Waals surface area contributed by atoms with Crippen LogP contribution in [-0.2, 0) is 5.60 Å². The Labute approximate surface area is 194 Å². The van der Waals surface area contributed by atoms with Crippen molar-refractivity contribution in [2.45, 2.75) is 11.5 Å². The highest BCUT2D eigenvalue weighted by atomic mass is 16.3. The lowest BCUT2D eigenvalue weighted by Crippen LogP contribution is -2.28. The zero-order valence-corrected chi connectivity index (χ0v) is 18.2. The van der Waals surface area contributed by atoms with E-state index in [1.165, 1.54) is 11.1 Å². The van der Waals surface area contributed by atoms with E-state index in [4.69, 9.17) is 0 Å². The van der Waals surface area contributed by atoms with Gasteiger partial charge >= 0.3 is 0 Å². The van der Waals surface area contributed by atoms with Gasteiger partial charge in [0, 0.05) is 17.0 Å². The van der Waals surface area contributed by atoms with Crippen molar-refractivity contribution in [2.24, 2.45) is 0 Å². The number of fused-ring (bicyclic) bond motifs is 3. The molecule has 0 unspecified atom stereocenters. The topological polar surface area (TPSA) is 20.2 Å². The molecular weight excluding hydrogens is 400 g/mol. The molecule has 0 fully saturated rings. The van der Waals surface area contributed by atoms with Gasteiger partial charge < -0.3 is 5.11 Å². The van der Waals surface area contributed by atoms with Crippen molar-refractivity contribution in [3.8, 4) is 11.1 Å². The Morgan fingerprint density at radius 1 is 0.424 bits per heavy atom. The molecule has 0 aliphatic heterocycles. The Bertz CT molecular complexity index is 1330. The minimum absolute atomic E-state index is 0.00699. The van der Waals surface area contributed by atoms with Gasteiger partial charge in [-0.15, -0.1) is 0 Å². The summed E-state index contributed by atoms with van der Waals surface area (Å²) in [7, 11) is 0. The van der Waals surface area contributed by atoms with Crippen LogP contribution in [0.25, 0.3) is 11.1 Å². The van der Waals surface area contributed by atoms with Crippen LogP contribution in [0.2, 0.25) is 0 Å². The first kappa shape index (κ1) is 19.7. The van der Waals surface area contributed by atoms with Crippen LogP contribution in [-0.4, -0.2) is 5.11 Å². The van der Waals surface area contributed by atoms with Crippen LogP contribution in [0.5, 0.6) is 0 Å². The SMILES string of the molecule is OC1(c2ccccc2C(c2ccccc2)c2ccccc2)c2ccccc2-c2ccccc21. The molecular formula is C32H24O. The monoisotopic (exact) mass is 424 g/mol. The second-order valence-electron chi connectivity index (χ2n) is 8.64. The summed E-state index contributed by atoms with van der Waals surface area (Å²) in [6, 6.07) is 46.0. The fourth-order valence-corrected chi connectivity index (χ4v) is 5.42. The maximum atomic E-state index is 12.6. The van der Waals surface area contributed by atoms with Gasteiger partial charge in [-0.1, -0.05) is 133 Å². The summed E-state index contributed by atoms with van der Waals surface area (Å²) in [5.74, 6) is 0.00699. The lowest BCUT2D eigenvalue weighted by atomic mass is 9.75. The molecule has 1 nitrogen and oxygen atoms in total. The van der Waals surface area contributed by atoms with Crippen LogP contribution < -0.4 is 0 Å². The summed E-state index contributed by atoms with van der Waals surface area (Å²) >= 11 is 0. The smallest absolute Gasteiger partial charge is 0.142 e. The lowest BCUT2D eigenvalue weighted by Gasteiger charge is -2.32. The highest BCUT2D eigenvalue weighted by Crippen LogP contribution is 2.52. The summed E-state index contributed by atoms with van der Waals surface area (Å²) in [6.07, 6.45) is 0. The largest absolute Gasteiger partial charge is 0.376 e. The van der Waals surface area contributed by atoms with E-state index in [1.54, 1.807) is 0 Å². The quantitative estimate of drug-likeness (QED) is 0.304. The average Bonchev–Trinajstić information content (AvgIpc) is 3.16. The first-order valence-electron chi connectivity index (χ1n) is 11.4. The zero-order valence-electron chi connectivity index (χ0n) is 18.2. The summed E-state index contributed by atoms with van der Waals surface area (Å²) in [6.45, 7) is 0. The molecule has 0 atom stereocenters. The Balaban J connectivity index is 1.65. The number of rotatable bonds is 4. The van der Waals surface area contributed by atoms with Crippen LogP contribution in [0, 0.1) is 0 Å². The molecule has 5 aromatic carbocycles. The molecule has 0 saturated heterocycles. The van der Waals surface area contributed by atoms with Crippen molar-refractivity contribution in [1.29, 1.82) is 0 Å². The summed E-state index contributed by atoms with van der Waals surface area (Å²) in [5, 5.41) is 12.6. The summed E-state index contributed by atoms with van der Waals surface area (Å²) < 4.78 is 0. The van der Waals surface area contributed by atoms with Gasteiger partial charge in [-0.05, 0) is 33.4 Å². The molecule has 0 bridgehead atoms. The van der Waals surface area contributed by atoms with E-state index in [1.807, 2.05) is 30.3 Å². The van der Waals surface area contributed by atoms with Crippen molar-refractivity contribution < 1.29 is 5.11 Å². The maximum Gasteiger partial charge on any atom is 0.142 e. The second-order valence-corrected chi connectivity index (χ2v) is 8.64. The van der Waals surface area contributed by atoms with Crippen LogP contribution in [0.15, 0.2) is 133 Å². The molecule has 5 aromatic rings. The molecule has 0 heterocycles. The van der Waals surface area contributed by atoms with Gasteiger partial charge in [0.25, 0.3) is 0 Å². The highest BCUT2D eigenvalue weighted by molar-refractivity contribution is 5.82. The summed E-state index contributed by atoms with van der Waals surface area (Å²) in [4.78, 5) is 0. The van der Waals surface area contributed by atoms with Crippen molar-refractivity contribution >= 4 is 0 Å². The van der Waals surface area contributed by atoms with Gasteiger partial charge in [-0.25, -0.2) is 0 Å². The van der Waals surface area contributed by atoms with Crippen LogP contribution in [0.4, 0.5) is 0 Å². The number of hydrogen-bond acceptors (Lipinski definition) is 1. The minimum atomic E-state index is -1.22. The maximum absolute atomic E-state index is 12.6. The molecule has 1 N–H and O–H groups in total. The van der Waals surface area contributed by atoms with Crippen molar-refractivity contribution in [3.63, 3.8) is 0 Å². The fourth-order valence-electron chi connectivity index (χ4n) is 5.42. The number of benzene rings is 5. The Morgan fingerprint density at radius 2 is 0.818 bits per heavy atom. The fraction of sp³-hybridized carbons (Fsp3) is 0.0625. The molecule has 1 aliphatic rings. The molecule has 6 rings (SSSR count). The number of hydrogen-bond donors (Lipinski definition) is 1. The predicted molar refractivity (Wildman–Crippen MR) is 134 cm³/mol. The Hall–Kier alpha value is -3.94. The van der Waals surface area contributed by atoms with Gasteiger partial charge in [-0.3, -0.25) is 0 Å². The van der Waals surface area contributed by atoms with Crippen LogP contribution >= 0.6 is 0 Å². The normalized spacial score (nSPS) is 13.5. The third-order valence-electron chi connectivity index (χ3n) is 6.85. The van der Waals surface area contributed by atoms with Gasteiger partial charge in [0.1, 0.15) is 5.60 Å². The van der Waals surface area contributed by atoms with Crippen molar-refractivity contribution in [2.75, 3.05) is 0 Å². The molecule has 0 amide bonds.